The highest BCUT2D eigenvalue weighted by molar-refractivity contribution is 9.10. The molecule has 4 nitrogen and oxygen atoms in total. The molecule has 18 heavy (non-hydrogen) atoms. The van der Waals surface area contributed by atoms with Crippen LogP contribution in [0.15, 0.2) is 35.6 Å². The summed E-state index contributed by atoms with van der Waals surface area (Å²) >= 11 is 3.37. The van der Waals surface area contributed by atoms with Crippen molar-refractivity contribution in [2.75, 3.05) is 19.7 Å². The Morgan fingerprint density at radius 1 is 1.61 bits per heavy atom. The fourth-order valence-electron chi connectivity index (χ4n) is 1.56. The van der Waals surface area contributed by atoms with Crippen LogP contribution in [0.4, 0.5) is 0 Å². The molecule has 0 atom stereocenters. The first-order valence-corrected chi connectivity index (χ1v) is 6.53. The molecular formula is C13H17BrN2O2. The standard InChI is InChI=1S/C13H17BrN2O2/c1-3-5-16(10-13(17)18-4-2)9-11-6-12(14)8-15-7-11/h3,6-8H,1,4-5,9-10H2,2H3. The van der Waals surface area contributed by atoms with Gasteiger partial charge in [0.05, 0.1) is 13.2 Å². The fraction of sp³-hybridized carbons (Fsp3) is 0.385. The van der Waals surface area contributed by atoms with E-state index in [1.165, 1.54) is 0 Å². The van der Waals surface area contributed by atoms with Gasteiger partial charge in [-0.2, -0.15) is 0 Å². The molecule has 0 aliphatic rings. The molecule has 0 unspecified atom stereocenters. The Morgan fingerprint density at radius 3 is 3.00 bits per heavy atom. The van der Waals surface area contributed by atoms with E-state index in [2.05, 4.69) is 27.5 Å². The molecule has 1 heterocycles. The highest BCUT2D eigenvalue weighted by atomic mass is 79.9. The Balaban J connectivity index is 2.62. The Morgan fingerprint density at radius 2 is 2.39 bits per heavy atom. The van der Waals surface area contributed by atoms with Crippen LogP contribution < -0.4 is 0 Å². The highest BCUT2D eigenvalue weighted by Crippen LogP contribution is 2.11. The van der Waals surface area contributed by atoms with Crippen molar-refractivity contribution in [3.8, 4) is 0 Å². The van der Waals surface area contributed by atoms with Gasteiger partial charge in [0.2, 0.25) is 0 Å². The first-order chi connectivity index (χ1) is 8.65. The molecule has 1 rings (SSSR count). The molecule has 0 saturated carbocycles. The number of pyridine rings is 1. The molecule has 0 spiro atoms. The molecule has 0 radical (unpaired) electrons. The maximum atomic E-state index is 11.5. The number of carbonyl (C=O) groups excluding carboxylic acids is 1. The van der Waals surface area contributed by atoms with Crippen LogP contribution in [0, 0.1) is 0 Å². The van der Waals surface area contributed by atoms with Crippen LogP contribution in [0.2, 0.25) is 0 Å². The van der Waals surface area contributed by atoms with Gasteiger partial charge in [-0.15, -0.1) is 6.58 Å². The maximum absolute atomic E-state index is 11.5. The van der Waals surface area contributed by atoms with E-state index >= 15 is 0 Å². The topological polar surface area (TPSA) is 42.4 Å². The lowest BCUT2D eigenvalue weighted by atomic mass is 10.2. The first-order valence-electron chi connectivity index (χ1n) is 5.74. The van der Waals surface area contributed by atoms with Gasteiger partial charge in [0.15, 0.2) is 0 Å². The van der Waals surface area contributed by atoms with Crippen LogP contribution in [0.5, 0.6) is 0 Å². The molecular weight excluding hydrogens is 296 g/mol. The Hall–Kier alpha value is -1.20. The fourth-order valence-corrected chi connectivity index (χ4v) is 1.97. The van der Waals surface area contributed by atoms with E-state index in [4.69, 9.17) is 4.74 Å². The Bertz CT molecular complexity index is 410. The smallest absolute Gasteiger partial charge is 0.320 e. The van der Waals surface area contributed by atoms with Gasteiger partial charge in [-0.3, -0.25) is 14.7 Å². The first kappa shape index (κ1) is 14.9. The van der Waals surface area contributed by atoms with Gasteiger partial charge < -0.3 is 4.74 Å². The van der Waals surface area contributed by atoms with Gasteiger partial charge >= 0.3 is 5.97 Å². The van der Waals surface area contributed by atoms with Gasteiger partial charge in [0.1, 0.15) is 0 Å². The van der Waals surface area contributed by atoms with Crippen LogP contribution in [0.3, 0.4) is 0 Å². The lowest BCUT2D eigenvalue weighted by molar-refractivity contribution is -0.144. The molecule has 0 bridgehead atoms. The molecule has 0 N–H and O–H groups in total. The summed E-state index contributed by atoms with van der Waals surface area (Å²) in [7, 11) is 0. The number of hydrogen-bond acceptors (Lipinski definition) is 4. The number of carbonyl (C=O) groups is 1. The van der Waals surface area contributed by atoms with Crippen LogP contribution in [0.25, 0.3) is 0 Å². The molecule has 0 aliphatic heterocycles. The zero-order chi connectivity index (χ0) is 13.4. The minimum absolute atomic E-state index is 0.220. The van der Waals surface area contributed by atoms with Gasteiger partial charge in [-0.05, 0) is 34.5 Å². The summed E-state index contributed by atoms with van der Waals surface area (Å²) in [6.07, 6.45) is 5.28. The zero-order valence-corrected chi connectivity index (χ0v) is 12.0. The van der Waals surface area contributed by atoms with Crippen molar-refractivity contribution in [2.45, 2.75) is 13.5 Å². The van der Waals surface area contributed by atoms with Crippen LogP contribution in [-0.2, 0) is 16.1 Å². The van der Waals surface area contributed by atoms with E-state index < -0.39 is 0 Å². The molecule has 1 aromatic rings. The minimum atomic E-state index is -0.220. The summed E-state index contributed by atoms with van der Waals surface area (Å²) in [5, 5.41) is 0. The maximum Gasteiger partial charge on any atom is 0.320 e. The van der Waals surface area contributed by atoms with Crippen molar-refractivity contribution >= 4 is 21.9 Å². The van der Waals surface area contributed by atoms with E-state index in [1.807, 2.05) is 11.0 Å². The van der Waals surface area contributed by atoms with Crippen molar-refractivity contribution < 1.29 is 9.53 Å². The average Bonchev–Trinajstić information content (AvgIpc) is 2.29. The molecule has 0 fully saturated rings. The third-order valence-corrected chi connectivity index (χ3v) is 2.65. The van der Waals surface area contributed by atoms with Crippen LogP contribution in [0.1, 0.15) is 12.5 Å². The second-order valence-electron chi connectivity index (χ2n) is 3.77. The molecule has 0 saturated heterocycles. The summed E-state index contributed by atoms with van der Waals surface area (Å²) in [6, 6.07) is 1.98. The number of ether oxygens (including phenoxy) is 1. The number of halogens is 1. The number of nitrogens with zero attached hydrogens (tertiary/aromatic N) is 2. The molecule has 0 aromatic carbocycles. The van der Waals surface area contributed by atoms with E-state index in [0.29, 0.717) is 19.7 Å². The second-order valence-corrected chi connectivity index (χ2v) is 4.69. The Kier molecular flexibility index (Phi) is 6.60. The van der Waals surface area contributed by atoms with E-state index in [0.717, 1.165) is 10.0 Å². The van der Waals surface area contributed by atoms with Crippen molar-refractivity contribution in [1.29, 1.82) is 0 Å². The third-order valence-electron chi connectivity index (χ3n) is 2.21. The highest BCUT2D eigenvalue weighted by Gasteiger charge is 2.11. The number of rotatable bonds is 7. The minimum Gasteiger partial charge on any atom is -0.465 e. The molecule has 0 amide bonds. The van der Waals surface area contributed by atoms with Crippen LogP contribution >= 0.6 is 15.9 Å². The summed E-state index contributed by atoms with van der Waals surface area (Å²) in [6.45, 7) is 7.42. The SMILES string of the molecule is C=CCN(CC(=O)OCC)Cc1cncc(Br)c1. The number of esters is 1. The molecule has 5 heteroatoms. The van der Waals surface area contributed by atoms with Crippen molar-refractivity contribution in [3.05, 3.63) is 41.2 Å². The van der Waals surface area contributed by atoms with Crippen molar-refractivity contribution in [3.63, 3.8) is 0 Å². The lowest BCUT2D eigenvalue weighted by Crippen LogP contribution is -2.30. The lowest BCUT2D eigenvalue weighted by Gasteiger charge is -2.19. The molecule has 1 aromatic heterocycles. The number of aromatic nitrogens is 1. The number of hydrogen-bond donors (Lipinski definition) is 0. The zero-order valence-electron chi connectivity index (χ0n) is 10.4. The average molecular weight is 313 g/mol. The summed E-state index contributed by atoms with van der Waals surface area (Å²) in [4.78, 5) is 17.5. The predicted octanol–water partition coefficient (Wildman–Crippen LogP) is 2.40. The molecule has 0 aliphatic carbocycles. The van der Waals surface area contributed by atoms with Gasteiger partial charge in [0, 0.05) is 30.0 Å². The third kappa shape index (κ3) is 5.42. The van der Waals surface area contributed by atoms with Crippen molar-refractivity contribution in [1.82, 2.24) is 9.88 Å². The summed E-state index contributed by atoms with van der Waals surface area (Å²) in [5.41, 5.74) is 1.04. The van der Waals surface area contributed by atoms with Gasteiger partial charge in [0.25, 0.3) is 0 Å². The monoisotopic (exact) mass is 312 g/mol. The summed E-state index contributed by atoms with van der Waals surface area (Å²) in [5.74, 6) is -0.220. The largest absolute Gasteiger partial charge is 0.465 e. The Labute approximate surface area is 116 Å². The molecule has 98 valence electrons. The predicted molar refractivity (Wildman–Crippen MR) is 74.0 cm³/mol. The van der Waals surface area contributed by atoms with E-state index in [-0.39, 0.29) is 12.5 Å². The van der Waals surface area contributed by atoms with Gasteiger partial charge in [-0.1, -0.05) is 6.08 Å². The van der Waals surface area contributed by atoms with Crippen LogP contribution in [-0.4, -0.2) is 35.5 Å². The van der Waals surface area contributed by atoms with Crippen molar-refractivity contribution in [2.24, 2.45) is 0 Å². The quantitative estimate of drug-likeness (QED) is 0.573. The normalized spacial score (nSPS) is 10.4. The summed E-state index contributed by atoms with van der Waals surface area (Å²) < 4.78 is 5.87. The second kappa shape index (κ2) is 8.00. The van der Waals surface area contributed by atoms with E-state index in [1.54, 1.807) is 25.4 Å². The van der Waals surface area contributed by atoms with Gasteiger partial charge in [-0.25, -0.2) is 0 Å². The van der Waals surface area contributed by atoms with E-state index in [9.17, 15) is 4.79 Å².